The minimum Gasteiger partial charge on any atom is -0.497 e. The average Bonchev–Trinajstić information content (AvgIpc) is 2.73. The number of benzene rings is 1. The van der Waals surface area contributed by atoms with Gasteiger partial charge in [-0.1, -0.05) is 23.7 Å². The number of aliphatic carboxylic acids is 1. The highest BCUT2D eigenvalue weighted by Crippen LogP contribution is 2.65. The summed E-state index contributed by atoms with van der Waals surface area (Å²) in [6.07, 6.45) is 7.28. The minimum absolute atomic E-state index is 0.130. The van der Waals surface area contributed by atoms with Crippen LogP contribution in [0.1, 0.15) is 50.5 Å². The number of hydrogen-bond donors (Lipinski definition) is 2. The van der Waals surface area contributed by atoms with E-state index in [9.17, 15) is 14.7 Å². The van der Waals surface area contributed by atoms with Gasteiger partial charge in [-0.3, -0.25) is 9.59 Å². The molecule has 6 rings (SSSR count). The molecule has 1 aromatic carbocycles. The third-order valence-electron chi connectivity index (χ3n) is 7.66. The summed E-state index contributed by atoms with van der Waals surface area (Å²) in [5.41, 5.74) is 0.551. The molecule has 4 fully saturated rings. The lowest BCUT2D eigenvalue weighted by Gasteiger charge is -2.61. The molecule has 1 heterocycles. The number of hydrogen-bond acceptors (Lipinski definition) is 5. The summed E-state index contributed by atoms with van der Waals surface area (Å²) in [6.45, 7) is 0.485. The Kier molecular flexibility index (Phi) is 5.19. The number of rotatable bonds is 7. The van der Waals surface area contributed by atoms with E-state index >= 15 is 0 Å². The standard InChI is InChI=1S/C24H28ClN3O4/c1-32-18-4-2-3-15(6-18)12-26-19-13-27-28(22(31)21(19)25)24-9-16-5-17(10-24)8-23(7-16,14-24)11-20(29)30/h2-4,6,13,16-17,26H,5,7-12,14H2,1H3,(H,29,30). The fourth-order valence-electron chi connectivity index (χ4n) is 7.05. The summed E-state index contributed by atoms with van der Waals surface area (Å²) in [5, 5.41) is 17.4. The van der Waals surface area contributed by atoms with Crippen LogP contribution in [0.25, 0.3) is 0 Å². The molecule has 2 atom stereocenters. The Morgan fingerprint density at radius 2 is 2.06 bits per heavy atom. The van der Waals surface area contributed by atoms with Crippen molar-refractivity contribution in [1.29, 1.82) is 0 Å². The van der Waals surface area contributed by atoms with E-state index in [1.807, 2.05) is 24.3 Å². The van der Waals surface area contributed by atoms with Crippen LogP contribution in [0.4, 0.5) is 5.69 Å². The van der Waals surface area contributed by atoms with Crippen molar-refractivity contribution >= 4 is 23.3 Å². The van der Waals surface area contributed by atoms with Crippen molar-refractivity contribution in [3.8, 4) is 5.75 Å². The van der Waals surface area contributed by atoms with Gasteiger partial charge >= 0.3 is 5.97 Å². The molecule has 4 aliphatic carbocycles. The number of methoxy groups -OCH3 is 1. The summed E-state index contributed by atoms with van der Waals surface area (Å²) < 4.78 is 6.84. The smallest absolute Gasteiger partial charge is 0.303 e. The maximum absolute atomic E-state index is 13.3. The zero-order valence-corrected chi connectivity index (χ0v) is 18.9. The van der Waals surface area contributed by atoms with Crippen LogP contribution in [-0.2, 0) is 16.9 Å². The van der Waals surface area contributed by atoms with Crippen molar-refractivity contribution in [2.24, 2.45) is 17.3 Å². The van der Waals surface area contributed by atoms with Gasteiger partial charge in [0.2, 0.25) is 0 Å². The predicted molar refractivity (Wildman–Crippen MR) is 121 cm³/mol. The number of carboxylic acid groups (broad SMARTS) is 1. The Hall–Kier alpha value is -2.54. The first kappa shape index (κ1) is 21.3. The molecule has 4 aliphatic rings. The second kappa shape index (κ2) is 7.80. The molecular formula is C24H28ClN3O4. The zero-order chi connectivity index (χ0) is 22.5. The second-order valence-corrected chi connectivity index (χ2v) is 10.4. The van der Waals surface area contributed by atoms with Gasteiger partial charge < -0.3 is 15.2 Å². The van der Waals surface area contributed by atoms with Crippen molar-refractivity contribution < 1.29 is 14.6 Å². The Labute approximate surface area is 191 Å². The molecule has 0 amide bonds. The van der Waals surface area contributed by atoms with Gasteiger partial charge in [-0.15, -0.1) is 0 Å². The topological polar surface area (TPSA) is 93.4 Å². The van der Waals surface area contributed by atoms with Gasteiger partial charge in [0.05, 0.1) is 31.0 Å². The van der Waals surface area contributed by atoms with E-state index in [2.05, 4.69) is 10.4 Å². The largest absolute Gasteiger partial charge is 0.497 e. The number of nitrogens with zero attached hydrogens (tertiary/aromatic N) is 2. The van der Waals surface area contributed by atoms with Gasteiger partial charge in [-0.05, 0) is 73.5 Å². The molecule has 0 saturated heterocycles. The lowest BCUT2D eigenvalue weighted by Crippen LogP contribution is -2.59. The van der Waals surface area contributed by atoms with E-state index < -0.39 is 11.5 Å². The molecule has 4 saturated carbocycles. The number of ether oxygens (including phenoxy) is 1. The first-order valence-corrected chi connectivity index (χ1v) is 11.6. The van der Waals surface area contributed by atoms with Crippen LogP contribution in [0.5, 0.6) is 5.75 Å². The number of carbonyl (C=O) groups is 1. The fraction of sp³-hybridized carbons (Fsp3) is 0.542. The molecule has 0 aliphatic heterocycles. The number of anilines is 1. The molecule has 0 spiro atoms. The fourth-order valence-corrected chi connectivity index (χ4v) is 7.25. The van der Waals surface area contributed by atoms with E-state index in [0.29, 0.717) is 30.5 Å². The summed E-state index contributed by atoms with van der Waals surface area (Å²) in [7, 11) is 1.62. The van der Waals surface area contributed by atoms with Crippen molar-refractivity contribution in [3.63, 3.8) is 0 Å². The monoisotopic (exact) mass is 457 g/mol. The molecule has 7 nitrogen and oxygen atoms in total. The van der Waals surface area contributed by atoms with E-state index in [0.717, 1.165) is 43.4 Å². The number of halogens is 1. The molecule has 8 heteroatoms. The number of aromatic nitrogens is 2. The van der Waals surface area contributed by atoms with Gasteiger partial charge in [0, 0.05) is 6.54 Å². The Morgan fingerprint density at radius 3 is 2.75 bits per heavy atom. The molecule has 0 radical (unpaired) electrons. The SMILES string of the molecule is COc1cccc(CNc2cnn(C34CC5CC(CC(CC(=O)O)(C5)C3)C4)c(=O)c2Cl)c1. The van der Waals surface area contributed by atoms with Crippen molar-refractivity contribution in [2.75, 3.05) is 12.4 Å². The lowest BCUT2D eigenvalue weighted by molar-refractivity contribution is -0.151. The second-order valence-electron chi connectivity index (χ2n) is 10.1. The first-order chi connectivity index (χ1) is 15.3. The molecular weight excluding hydrogens is 430 g/mol. The molecule has 4 bridgehead atoms. The summed E-state index contributed by atoms with van der Waals surface area (Å²) >= 11 is 6.53. The third-order valence-corrected chi connectivity index (χ3v) is 8.03. The van der Waals surface area contributed by atoms with Crippen LogP contribution in [0.15, 0.2) is 35.3 Å². The summed E-state index contributed by atoms with van der Waals surface area (Å²) in [5.74, 6) is 0.918. The zero-order valence-electron chi connectivity index (χ0n) is 18.1. The van der Waals surface area contributed by atoms with Crippen LogP contribution in [-0.4, -0.2) is 28.0 Å². The summed E-state index contributed by atoms with van der Waals surface area (Å²) in [4.78, 5) is 24.9. The quantitative estimate of drug-likeness (QED) is 0.644. The van der Waals surface area contributed by atoms with Gasteiger partial charge in [0.25, 0.3) is 5.56 Å². The maximum atomic E-state index is 13.3. The first-order valence-electron chi connectivity index (χ1n) is 11.2. The van der Waals surface area contributed by atoms with Crippen LogP contribution in [0.2, 0.25) is 5.02 Å². The lowest BCUT2D eigenvalue weighted by atomic mass is 9.46. The van der Waals surface area contributed by atoms with Gasteiger partial charge in [-0.25, -0.2) is 4.68 Å². The Morgan fingerprint density at radius 1 is 1.31 bits per heavy atom. The van der Waals surface area contributed by atoms with E-state index in [4.69, 9.17) is 16.3 Å². The molecule has 170 valence electrons. The van der Waals surface area contributed by atoms with Crippen LogP contribution in [0.3, 0.4) is 0 Å². The van der Waals surface area contributed by atoms with E-state index in [-0.39, 0.29) is 22.4 Å². The van der Waals surface area contributed by atoms with Crippen molar-refractivity contribution in [1.82, 2.24) is 9.78 Å². The molecule has 2 unspecified atom stereocenters. The van der Waals surface area contributed by atoms with Crippen LogP contribution < -0.4 is 15.6 Å². The molecule has 2 aromatic rings. The van der Waals surface area contributed by atoms with Gasteiger partial charge in [0.1, 0.15) is 10.8 Å². The normalized spacial score (nSPS) is 30.3. The highest BCUT2D eigenvalue weighted by Gasteiger charge is 2.59. The highest BCUT2D eigenvalue weighted by molar-refractivity contribution is 6.32. The van der Waals surface area contributed by atoms with Gasteiger partial charge in [0.15, 0.2) is 0 Å². The Balaban J connectivity index is 1.42. The van der Waals surface area contributed by atoms with Gasteiger partial charge in [-0.2, -0.15) is 5.10 Å². The van der Waals surface area contributed by atoms with Crippen molar-refractivity contribution in [2.45, 2.75) is 57.0 Å². The average molecular weight is 458 g/mol. The maximum Gasteiger partial charge on any atom is 0.303 e. The molecule has 32 heavy (non-hydrogen) atoms. The Bertz CT molecular complexity index is 1100. The van der Waals surface area contributed by atoms with E-state index in [1.54, 1.807) is 18.0 Å². The predicted octanol–water partition coefficient (Wildman–Crippen LogP) is 4.29. The minimum atomic E-state index is -0.752. The van der Waals surface area contributed by atoms with Crippen LogP contribution >= 0.6 is 11.6 Å². The summed E-state index contributed by atoms with van der Waals surface area (Å²) in [6, 6.07) is 7.68. The van der Waals surface area contributed by atoms with Crippen LogP contribution in [0, 0.1) is 17.3 Å². The third kappa shape index (κ3) is 3.66. The van der Waals surface area contributed by atoms with Crippen molar-refractivity contribution in [3.05, 3.63) is 51.4 Å². The number of nitrogens with one attached hydrogen (secondary N) is 1. The molecule has 2 N–H and O–H groups in total. The highest BCUT2D eigenvalue weighted by atomic mass is 35.5. The number of carboxylic acids is 1. The van der Waals surface area contributed by atoms with E-state index in [1.165, 1.54) is 0 Å². The molecule has 1 aromatic heterocycles.